The van der Waals surface area contributed by atoms with Crippen LogP contribution in [0.2, 0.25) is 5.02 Å². The third kappa shape index (κ3) is 4.51. The Labute approximate surface area is 151 Å². The smallest absolute Gasteiger partial charge is 0.408 e. The van der Waals surface area contributed by atoms with Crippen molar-refractivity contribution in [1.82, 2.24) is 4.31 Å². The van der Waals surface area contributed by atoms with Crippen LogP contribution in [0.5, 0.6) is 0 Å². The third-order valence-electron chi connectivity index (χ3n) is 3.69. The minimum atomic E-state index is -5.40. The van der Waals surface area contributed by atoms with Crippen molar-refractivity contribution in [2.24, 2.45) is 0 Å². The van der Waals surface area contributed by atoms with Gasteiger partial charge in [0, 0.05) is 5.02 Å². The third-order valence-corrected chi connectivity index (χ3v) is 5.83. The highest BCUT2D eigenvalue weighted by molar-refractivity contribution is 7.89. The maximum Gasteiger partial charge on any atom is 0.408 e. The molecule has 1 atom stereocenters. The number of benzene rings is 1. The van der Waals surface area contributed by atoms with Gasteiger partial charge in [0.05, 0.1) is 11.3 Å². The predicted molar refractivity (Wildman–Crippen MR) is 82.8 cm³/mol. The SMILES string of the molecule is CCC(CC(=O)O)(N(CC(=O)F)S(=O)(=O)c1cccc(Cl)c1)C(F)(F)F. The lowest BCUT2D eigenvalue weighted by atomic mass is 9.91. The molecule has 0 aliphatic carbocycles. The van der Waals surface area contributed by atoms with E-state index in [1.165, 1.54) is 6.07 Å². The summed E-state index contributed by atoms with van der Waals surface area (Å²) in [4.78, 5) is 21.1. The Morgan fingerprint density at radius 3 is 2.23 bits per heavy atom. The molecule has 0 amide bonds. The van der Waals surface area contributed by atoms with Gasteiger partial charge in [-0.3, -0.25) is 9.59 Å². The monoisotopic (exact) mass is 419 g/mol. The van der Waals surface area contributed by atoms with Crippen molar-refractivity contribution in [3.8, 4) is 0 Å². The summed E-state index contributed by atoms with van der Waals surface area (Å²) in [6, 6.07) is 1.71. The number of halogens is 5. The van der Waals surface area contributed by atoms with E-state index in [1.807, 2.05) is 0 Å². The minimum Gasteiger partial charge on any atom is -0.481 e. The van der Waals surface area contributed by atoms with Gasteiger partial charge in [-0.25, -0.2) is 8.42 Å². The molecule has 26 heavy (non-hydrogen) atoms. The van der Waals surface area contributed by atoms with E-state index in [0.717, 1.165) is 25.1 Å². The van der Waals surface area contributed by atoms with Crippen molar-refractivity contribution in [3.63, 3.8) is 0 Å². The number of carbonyl (C=O) groups excluding carboxylic acids is 1. The number of carboxylic acids is 1. The van der Waals surface area contributed by atoms with Crippen LogP contribution in [-0.4, -0.2) is 48.1 Å². The molecule has 0 saturated carbocycles. The van der Waals surface area contributed by atoms with Crippen LogP contribution in [0.25, 0.3) is 0 Å². The Hall–Kier alpha value is -1.72. The number of hydrogen-bond acceptors (Lipinski definition) is 4. The lowest BCUT2D eigenvalue weighted by Gasteiger charge is -2.41. The number of rotatable bonds is 8. The van der Waals surface area contributed by atoms with Gasteiger partial charge in [0.25, 0.3) is 0 Å². The van der Waals surface area contributed by atoms with E-state index in [4.69, 9.17) is 16.7 Å². The van der Waals surface area contributed by atoms with Gasteiger partial charge >= 0.3 is 18.2 Å². The molecule has 0 aliphatic rings. The van der Waals surface area contributed by atoms with Gasteiger partial charge < -0.3 is 5.11 Å². The molecular formula is C14H14ClF4NO5S. The number of carboxylic acid groups (broad SMARTS) is 1. The van der Waals surface area contributed by atoms with Crippen molar-refractivity contribution >= 4 is 33.6 Å². The fraction of sp³-hybridized carbons (Fsp3) is 0.429. The summed E-state index contributed by atoms with van der Waals surface area (Å²) in [7, 11) is -5.11. The highest BCUT2D eigenvalue weighted by Crippen LogP contribution is 2.43. The molecule has 1 N–H and O–H groups in total. The largest absolute Gasteiger partial charge is 0.481 e. The summed E-state index contributed by atoms with van der Waals surface area (Å²) in [5, 5.41) is 8.75. The van der Waals surface area contributed by atoms with Gasteiger partial charge in [0.15, 0.2) is 0 Å². The number of aliphatic carboxylic acids is 1. The fourth-order valence-corrected chi connectivity index (χ4v) is 4.48. The molecule has 0 bridgehead atoms. The van der Waals surface area contributed by atoms with Gasteiger partial charge in [-0.1, -0.05) is 24.6 Å². The van der Waals surface area contributed by atoms with Gasteiger partial charge in [-0.15, -0.1) is 0 Å². The first kappa shape index (κ1) is 22.3. The molecule has 1 unspecified atom stereocenters. The van der Waals surface area contributed by atoms with Crippen LogP contribution in [-0.2, 0) is 19.6 Å². The zero-order valence-corrected chi connectivity index (χ0v) is 14.8. The molecule has 1 rings (SSSR count). The summed E-state index contributed by atoms with van der Waals surface area (Å²) in [5.41, 5.74) is -3.53. The van der Waals surface area contributed by atoms with Crippen LogP contribution in [0.4, 0.5) is 17.6 Å². The maximum atomic E-state index is 13.7. The molecule has 0 aromatic heterocycles. The second kappa shape index (κ2) is 7.89. The van der Waals surface area contributed by atoms with E-state index in [0.29, 0.717) is 0 Å². The Kier molecular flexibility index (Phi) is 6.77. The topological polar surface area (TPSA) is 91.8 Å². The minimum absolute atomic E-state index is 0.134. The van der Waals surface area contributed by atoms with E-state index in [1.54, 1.807) is 0 Å². The van der Waals surface area contributed by atoms with Crippen LogP contribution in [0.1, 0.15) is 19.8 Å². The highest BCUT2D eigenvalue weighted by atomic mass is 35.5. The Morgan fingerprint density at radius 2 is 1.85 bits per heavy atom. The summed E-state index contributed by atoms with van der Waals surface area (Å²) < 4.78 is 79.1. The van der Waals surface area contributed by atoms with Gasteiger partial charge in [0.1, 0.15) is 12.1 Å². The lowest BCUT2D eigenvalue weighted by Crippen LogP contribution is -2.62. The van der Waals surface area contributed by atoms with Gasteiger partial charge in [0.2, 0.25) is 10.0 Å². The van der Waals surface area contributed by atoms with E-state index in [-0.39, 0.29) is 5.02 Å². The van der Waals surface area contributed by atoms with E-state index >= 15 is 0 Å². The fourth-order valence-electron chi connectivity index (χ4n) is 2.42. The zero-order chi connectivity index (χ0) is 20.3. The molecule has 1 aromatic rings. The molecule has 0 fully saturated rings. The molecule has 0 heterocycles. The molecular weight excluding hydrogens is 406 g/mol. The molecule has 0 saturated heterocycles. The number of alkyl halides is 3. The molecule has 12 heteroatoms. The van der Waals surface area contributed by atoms with Crippen LogP contribution < -0.4 is 0 Å². The second-order valence-corrected chi connectivity index (χ2v) is 7.58. The molecule has 0 spiro atoms. The Bertz CT molecular complexity index is 799. The second-order valence-electron chi connectivity index (χ2n) is 5.28. The van der Waals surface area contributed by atoms with E-state index < -0.39 is 62.3 Å². The lowest BCUT2D eigenvalue weighted by molar-refractivity contribution is -0.223. The number of carbonyl (C=O) groups is 2. The van der Waals surface area contributed by atoms with Crippen molar-refractivity contribution in [1.29, 1.82) is 0 Å². The predicted octanol–water partition coefficient (Wildman–Crippen LogP) is 3.01. The summed E-state index contributed by atoms with van der Waals surface area (Å²) >= 11 is 5.64. The van der Waals surface area contributed by atoms with Crippen molar-refractivity contribution < 1.29 is 40.7 Å². The highest BCUT2D eigenvalue weighted by Gasteiger charge is 2.62. The maximum absolute atomic E-state index is 13.7. The van der Waals surface area contributed by atoms with E-state index in [9.17, 15) is 35.6 Å². The van der Waals surface area contributed by atoms with Crippen molar-refractivity contribution in [3.05, 3.63) is 29.3 Å². The summed E-state index contributed by atoms with van der Waals surface area (Å²) in [6.45, 7) is -0.908. The summed E-state index contributed by atoms with van der Waals surface area (Å²) in [5.74, 6) is -1.97. The zero-order valence-electron chi connectivity index (χ0n) is 13.3. The molecule has 6 nitrogen and oxygen atoms in total. The first-order chi connectivity index (χ1) is 11.8. The van der Waals surface area contributed by atoms with Crippen molar-refractivity contribution in [2.45, 2.75) is 36.4 Å². The molecule has 0 radical (unpaired) electrons. The standard InChI is InChI=1S/C14H14ClF4NO5S/c1-2-13(7-12(22)23,14(17,18)19)20(8-11(16)21)26(24,25)10-5-3-4-9(15)6-10/h3-6H,2,7-8H2,1H3,(H,22,23). The quantitative estimate of drug-likeness (QED) is 0.516. The Balaban J connectivity index is 3.74. The van der Waals surface area contributed by atoms with Crippen molar-refractivity contribution in [2.75, 3.05) is 6.54 Å². The number of hydrogen-bond donors (Lipinski definition) is 1. The first-order valence-electron chi connectivity index (χ1n) is 7.03. The molecule has 1 aromatic carbocycles. The van der Waals surface area contributed by atoms with E-state index in [2.05, 4.69) is 0 Å². The average Bonchev–Trinajstić information content (AvgIpc) is 2.48. The number of nitrogens with zero attached hydrogens (tertiary/aromatic N) is 1. The Morgan fingerprint density at radius 1 is 1.27 bits per heavy atom. The van der Waals surface area contributed by atoms with Crippen LogP contribution >= 0.6 is 11.6 Å². The van der Waals surface area contributed by atoms with Gasteiger partial charge in [-0.05, 0) is 24.6 Å². The van der Waals surface area contributed by atoms with Crippen LogP contribution in [0.3, 0.4) is 0 Å². The van der Waals surface area contributed by atoms with Crippen LogP contribution in [0, 0.1) is 0 Å². The van der Waals surface area contributed by atoms with Gasteiger partial charge in [-0.2, -0.15) is 21.9 Å². The summed E-state index contributed by atoms with van der Waals surface area (Å²) in [6.07, 6.45) is -8.17. The molecule has 0 aliphatic heterocycles. The number of sulfonamides is 1. The first-order valence-corrected chi connectivity index (χ1v) is 8.85. The average molecular weight is 420 g/mol. The molecule has 146 valence electrons. The van der Waals surface area contributed by atoms with Crippen LogP contribution in [0.15, 0.2) is 29.2 Å². The normalized spacial score (nSPS) is 14.9.